The van der Waals surface area contributed by atoms with Crippen molar-refractivity contribution in [3.63, 3.8) is 0 Å². The fourth-order valence-electron chi connectivity index (χ4n) is 17.8. The van der Waals surface area contributed by atoms with E-state index in [4.69, 9.17) is 37.9 Å². The zero-order valence-corrected chi connectivity index (χ0v) is 73.9. The second kappa shape index (κ2) is 39.9. The third-order valence-electron chi connectivity index (χ3n) is 22.0. The lowest BCUT2D eigenvalue weighted by Gasteiger charge is -2.61. The summed E-state index contributed by atoms with van der Waals surface area (Å²) in [6.07, 6.45) is -69.7. The van der Waals surface area contributed by atoms with Crippen LogP contribution in [0.3, 0.4) is 0 Å². The highest BCUT2D eigenvalue weighted by atomic mass is 32.3. The Morgan fingerprint density at radius 2 is 0.581 bits per heavy atom. The van der Waals surface area contributed by atoms with Crippen LogP contribution in [0.4, 0.5) is 0 Å². The lowest BCUT2D eigenvalue weighted by Crippen LogP contribution is -2.70. The van der Waals surface area contributed by atoms with Gasteiger partial charge < -0.3 is 97.1 Å². The van der Waals surface area contributed by atoms with E-state index in [2.05, 4.69) is 82.1 Å². The van der Waals surface area contributed by atoms with Gasteiger partial charge >= 0.3 is 0 Å². The van der Waals surface area contributed by atoms with Crippen LogP contribution in [0.1, 0.15) is 112 Å². The van der Waals surface area contributed by atoms with Gasteiger partial charge in [-0.2, -0.15) is 0 Å². The van der Waals surface area contributed by atoms with Crippen molar-refractivity contribution in [3.8, 4) is 0 Å². The van der Waals surface area contributed by atoms with Crippen molar-refractivity contribution in [2.45, 2.75) is 241 Å². The molecule has 60 nitrogen and oxygen atoms in total. The van der Waals surface area contributed by atoms with Crippen molar-refractivity contribution >= 4 is 135 Å². The first kappa shape index (κ1) is 107. The van der Waals surface area contributed by atoms with Crippen molar-refractivity contribution in [2.24, 2.45) is 52.3 Å². The first-order chi connectivity index (χ1) is 55.9. The summed E-state index contributed by atoms with van der Waals surface area (Å²) in [5, 5.41) is 0. The van der Waals surface area contributed by atoms with Crippen LogP contribution in [-0.4, -0.2) is 324 Å². The molecule has 73 heteroatoms. The zero-order chi connectivity index (χ0) is 93.8. The highest BCUT2D eigenvalue weighted by molar-refractivity contribution is 7.83. The topological polar surface area (TPSA) is 937 Å². The van der Waals surface area contributed by atoms with Crippen LogP contribution in [0.25, 0.3) is 0 Å². The number of hydrogen-bond donors (Lipinski definition) is 0. The molecule has 0 spiro atoms. The minimum Gasteiger partial charge on any atom is -0.726 e. The summed E-state index contributed by atoms with van der Waals surface area (Å²) in [7, 11) is -88.1. The molecule has 4 aliphatic heterocycles. The van der Waals surface area contributed by atoms with E-state index >= 15 is 0 Å². The molecule has 730 valence electrons. The molecule has 0 amide bonds. The Balaban J connectivity index is 1.34. The largest absolute Gasteiger partial charge is 0.726 e. The van der Waals surface area contributed by atoms with Crippen molar-refractivity contribution in [3.05, 3.63) is 0 Å². The number of hydrogen-bond acceptors (Lipinski definition) is 60. The maximum atomic E-state index is 13.3. The van der Waals surface area contributed by atoms with Gasteiger partial charge in [0.15, 0.2) is 43.5 Å². The van der Waals surface area contributed by atoms with E-state index < -0.39 is 302 Å². The Bertz CT molecular complexity index is 5310. The van der Waals surface area contributed by atoms with Crippen LogP contribution < -0.4 is 0 Å². The van der Waals surface area contributed by atoms with Gasteiger partial charge in [0.2, 0.25) is 135 Å². The molecule has 4 saturated carbocycles. The number of fused-ring (bicyclic) bond motifs is 5. The van der Waals surface area contributed by atoms with E-state index in [-0.39, 0.29) is 42.4 Å². The van der Waals surface area contributed by atoms with Crippen LogP contribution in [-0.2, 0) is 227 Å². The monoisotopic (exact) mass is 2060 g/mol. The molecule has 8 rings (SSSR count). The van der Waals surface area contributed by atoms with Crippen LogP contribution in [0.2, 0.25) is 0 Å². The van der Waals surface area contributed by atoms with Gasteiger partial charge in [-0.1, -0.05) is 53.9 Å². The van der Waals surface area contributed by atoms with Crippen molar-refractivity contribution in [1.82, 2.24) is 0 Å². The summed E-state index contributed by atoms with van der Waals surface area (Å²) in [5.74, 6) is 1.11. The van der Waals surface area contributed by atoms with E-state index in [1.54, 1.807) is 0 Å². The lowest BCUT2D eigenvalue weighted by atomic mass is 9.44. The Hall–Kier alpha value is -2.01. The first-order valence-electron chi connectivity index (χ1n) is 35.4. The molecule has 124 heavy (non-hydrogen) atoms. The Morgan fingerprint density at radius 1 is 0.298 bits per heavy atom. The van der Waals surface area contributed by atoms with E-state index in [0.717, 1.165) is 38.5 Å². The van der Waals surface area contributed by atoms with Crippen LogP contribution in [0.5, 0.6) is 0 Å². The molecular weight excluding hydrogens is 1990 g/mol. The Labute approximate surface area is 710 Å². The Kier molecular flexibility index (Phi) is 34.5. The maximum absolute atomic E-state index is 13.3. The molecule has 0 radical (unpaired) electrons. The number of ether oxygens (including phenoxy) is 8. The van der Waals surface area contributed by atoms with Crippen molar-refractivity contribution in [2.75, 3.05) is 26.4 Å². The van der Waals surface area contributed by atoms with E-state index in [1.165, 1.54) is 0 Å². The molecule has 4 aliphatic carbocycles. The molecule has 0 aromatic carbocycles. The Morgan fingerprint density at radius 3 is 0.911 bits per heavy atom. The summed E-state index contributed by atoms with van der Waals surface area (Å²) in [6, 6.07) is 0. The quantitative estimate of drug-likeness (QED) is 0.0311. The van der Waals surface area contributed by atoms with Gasteiger partial charge in [-0.25, -0.2) is 109 Å². The average molecular weight is 2060 g/mol. The van der Waals surface area contributed by atoms with Crippen LogP contribution >= 0.6 is 0 Å². The summed E-state index contributed by atoms with van der Waals surface area (Å²) in [4.78, 5) is 0. The van der Waals surface area contributed by atoms with Crippen molar-refractivity contribution in [1.29, 1.82) is 0 Å². The SMILES string of the molecule is CC(C)CCC[C@@H](C)[C@H]1CCC2C3CCC4C[C@@H](O[C@H]5O[C@H](COS(=O)(=O)[O-])[C@@H](OS(=O)(=O)[O-])[C@H](OS(=O)(=O)[O-])[C@@H]5O[C@H]5O[C@H](COS(=O)(=O)[O-])[C@@H](OS(=O)(=O)[O-])[C@H](O[C@H]6O[C@H](COS(=O)(=O)[O-])[C@@H](OS(=O)(=O)[O-])[C@H](O[C@H]7O[C@H](COS(=O)(=O)[O-])[C@@H](OS(=O)(=O)[O-])[C@H](OS(=O)(=O)[O-])[C@@H]7OS(=O)(=O)[O-])C6OS(=O)(=O)[O-])[C@@H]5OS(=O)(=O)[O-])CC[C@]4(C)C3CC[C@@]21C. The highest BCUT2D eigenvalue weighted by Gasteiger charge is 2.65. The molecular formula is C51H75O60S13-13. The van der Waals surface area contributed by atoms with Gasteiger partial charge in [0.05, 0.1) is 32.5 Å². The molecule has 5 unspecified atom stereocenters. The van der Waals surface area contributed by atoms with Crippen LogP contribution in [0, 0.1) is 52.3 Å². The molecule has 0 aromatic heterocycles. The third kappa shape index (κ3) is 31.8. The van der Waals surface area contributed by atoms with Crippen molar-refractivity contribution < 1.29 is 261 Å². The van der Waals surface area contributed by atoms with E-state index in [1.807, 2.05) is 6.92 Å². The minimum absolute atomic E-state index is 0.0136. The van der Waals surface area contributed by atoms with Gasteiger partial charge in [0.25, 0.3) is 0 Å². The maximum Gasteiger partial charge on any atom is 0.218 e. The van der Waals surface area contributed by atoms with E-state index in [9.17, 15) is 169 Å². The normalized spacial score (nSPS) is 37.1. The zero-order valence-electron chi connectivity index (χ0n) is 63.3. The predicted octanol–water partition coefficient (Wildman–Crippen LogP) is -7.94. The molecule has 0 aromatic rings. The summed E-state index contributed by atoms with van der Waals surface area (Å²) >= 11 is 0. The molecule has 4 saturated heterocycles. The second-order valence-electron chi connectivity index (χ2n) is 30.2. The fraction of sp³-hybridized carbons (Fsp3) is 1.00. The predicted molar refractivity (Wildman–Crippen MR) is 361 cm³/mol. The molecule has 0 bridgehead atoms. The third-order valence-corrected chi connectivity index (χ3v) is 27.8. The lowest BCUT2D eigenvalue weighted by molar-refractivity contribution is -0.386. The first-order valence-corrected chi connectivity index (χ1v) is 52.7. The average Bonchev–Trinajstić information content (AvgIpc) is 1.19. The van der Waals surface area contributed by atoms with Gasteiger partial charge in [-0.3, -0.25) is 54.4 Å². The standard InChI is InChI=1S/C51H88O60S13/c1-22(2)7-6-8-23(3)27-11-12-28-26-10-9-24-17-25(13-15-50(24,4)29(26)14-16-51(27,28)5)95-46-42(40(107-120(76,77)78)36(105-118(70,71)72)32(96-46)20-93-114(58,59)60)102-48-44(110-123(85,86)87)39(35(104-117(67,68)69)31(98-48)19-92-113(55,56)57)100-47-43(109-122(82,83)84)38(34(103-116(64,65)66)30(97-47)18-91-112(52,53)54)101-49-45(111-124(88,89)90)41(108-121(79,80)81)37(106-119(73,74)75)33(99-49)21-94-115(61,62)63/h22-49H,6-21H2,1-5H3,(H,52,53,54)(H,55,56,57)(H,58,59,60)(H,61,62,63)(H,64,65,66)(H,67,68,69)(H,70,71,72)(H,73,74,75)(H,76,77,78)(H,79,80,81)(H,82,83,84)(H,85,86,87)(H,88,89,90)/p-13/t23-,24?,25+,26?,27-,28?,29?,30-,31-,32-,33-,34-,35-,36-,37-,38+,39+,40+,41+,42+,43?,44+,45+,46+,47-,48-,49-,50+,51-/m1/s1. The summed E-state index contributed by atoms with van der Waals surface area (Å²) < 4.78 is 588. The molecule has 8 fully saturated rings. The van der Waals surface area contributed by atoms with Crippen LogP contribution in [0.15, 0.2) is 0 Å². The van der Waals surface area contributed by atoms with Gasteiger partial charge in [-0.05, 0) is 110 Å². The van der Waals surface area contributed by atoms with Gasteiger partial charge in [-0.15, -0.1) is 0 Å². The summed E-state index contributed by atoms with van der Waals surface area (Å²) in [5.41, 5.74) is -0.696. The second-order valence-corrected chi connectivity index (χ2v) is 43.5. The smallest absolute Gasteiger partial charge is 0.218 e. The molecule has 8 aliphatic rings. The van der Waals surface area contributed by atoms with E-state index in [0.29, 0.717) is 37.0 Å². The summed E-state index contributed by atoms with van der Waals surface area (Å²) in [6.45, 7) is 1.29. The molecule has 0 N–H and O–H groups in total. The highest BCUT2D eigenvalue weighted by Crippen LogP contribution is 2.69. The minimum atomic E-state index is -7.22. The van der Waals surface area contributed by atoms with Gasteiger partial charge in [0, 0.05) is 0 Å². The molecule has 4 heterocycles. The molecule has 29 atom stereocenters. The van der Waals surface area contributed by atoms with Gasteiger partial charge in [0.1, 0.15) is 79.4 Å². The fourth-order valence-corrected chi connectivity index (χ4v) is 23.4. The number of rotatable bonds is 43.